The Morgan fingerprint density at radius 2 is 1.89 bits per heavy atom. The van der Waals surface area contributed by atoms with Crippen LogP contribution in [0.1, 0.15) is 18.4 Å². The summed E-state index contributed by atoms with van der Waals surface area (Å²) in [7, 11) is -2.13. The zero-order chi connectivity index (χ0) is 19.0. The molecule has 0 amide bonds. The van der Waals surface area contributed by atoms with Gasteiger partial charge in [0.15, 0.2) is 0 Å². The maximum absolute atomic E-state index is 13.2. The van der Waals surface area contributed by atoms with Gasteiger partial charge >= 0.3 is 0 Å². The number of sulfonamides is 1. The van der Waals surface area contributed by atoms with Gasteiger partial charge in [0.1, 0.15) is 6.61 Å². The molecule has 4 rings (SSSR count). The molecule has 3 atom stereocenters. The summed E-state index contributed by atoms with van der Waals surface area (Å²) in [6.45, 7) is 0.393. The van der Waals surface area contributed by atoms with E-state index in [-0.39, 0.29) is 16.9 Å². The highest BCUT2D eigenvalue weighted by Gasteiger charge is 2.43. The number of hydrogen-bond acceptors (Lipinski definition) is 4. The van der Waals surface area contributed by atoms with Gasteiger partial charge in [0.25, 0.3) is 0 Å². The quantitative estimate of drug-likeness (QED) is 0.869. The van der Waals surface area contributed by atoms with Crippen molar-refractivity contribution in [3.05, 3.63) is 82.5 Å². The van der Waals surface area contributed by atoms with Crippen molar-refractivity contribution in [2.45, 2.75) is 31.6 Å². The highest BCUT2D eigenvalue weighted by atomic mass is 32.2. The van der Waals surface area contributed by atoms with E-state index in [1.54, 1.807) is 13.1 Å². The Bertz CT molecular complexity index is 944. The van der Waals surface area contributed by atoms with Crippen LogP contribution in [-0.2, 0) is 21.4 Å². The molecule has 1 aromatic rings. The molecule has 0 bridgehead atoms. The monoisotopic (exact) mass is 385 g/mol. The van der Waals surface area contributed by atoms with Crippen LogP contribution in [0.2, 0.25) is 0 Å². The predicted molar refractivity (Wildman–Crippen MR) is 104 cm³/mol. The Labute approximate surface area is 160 Å². The number of aliphatic hydroxyl groups is 1. The zero-order valence-corrected chi connectivity index (χ0v) is 16.0. The van der Waals surface area contributed by atoms with Crippen LogP contribution < -0.4 is 0 Å². The lowest BCUT2D eigenvalue weighted by Gasteiger charge is -2.31. The number of allylic oxidation sites excluding steroid dienone is 4. The lowest BCUT2D eigenvalue weighted by molar-refractivity contribution is 0.132. The standard InChI is InChI=1S/C21H23NO4S/c1-22-19-10-6-5-9-17(19)21(23)18-12-11-16(13-20(18)27(22,24)25)26-14-15-7-3-2-4-8-15/h2-10,13,17,19,21,23H,11-12,14H2,1H3. The molecule has 0 spiro atoms. The van der Waals surface area contributed by atoms with Gasteiger partial charge in [-0.15, -0.1) is 0 Å². The van der Waals surface area contributed by atoms with Gasteiger partial charge in [0.05, 0.1) is 22.8 Å². The third-order valence-corrected chi connectivity index (χ3v) is 7.40. The van der Waals surface area contributed by atoms with E-state index in [9.17, 15) is 13.5 Å². The van der Waals surface area contributed by atoms with Gasteiger partial charge < -0.3 is 9.84 Å². The first-order chi connectivity index (χ1) is 13.0. The minimum Gasteiger partial charge on any atom is -0.493 e. The van der Waals surface area contributed by atoms with E-state index in [2.05, 4.69) is 0 Å². The number of benzene rings is 1. The molecule has 0 radical (unpaired) electrons. The maximum atomic E-state index is 13.2. The molecule has 1 aliphatic heterocycles. The Kier molecular flexibility index (Phi) is 4.80. The first-order valence-electron chi connectivity index (χ1n) is 9.10. The van der Waals surface area contributed by atoms with Crippen molar-refractivity contribution >= 4 is 10.0 Å². The Morgan fingerprint density at radius 3 is 2.67 bits per heavy atom. The van der Waals surface area contributed by atoms with Gasteiger partial charge in [-0.05, 0) is 23.6 Å². The number of rotatable bonds is 3. The molecule has 3 unspecified atom stereocenters. The van der Waals surface area contributed by atoms with Crippen LogP contribution in [0.25, 0.3) is 0 Å². The smallest absolute Gasteiger partial charge is 0.243 e. The summed E-state index contributed by atoms with van der Waals surface area (Å²) >= 11 is 0. The second-order valence-corrected chi connectivity index (χ2v) is 9.04. The van der Waals surface area contributed by atoms with Crippen molar-refractivity contribution in [1.29, 1.82) is 0 Å². The maximum Gasteiger partial charge on any atom is 0.243 e. The molecule has 5 nitrogen and oxygen atoms in total. The third-order valence-electron chi connectivity index (χ3n) is 5.46. The van der Waals surface area contributed by atoms with Crippen molar-refractivity contribution in [3.8, 4) is 0 Å². The summed E-state index contributed by atoms with van der Waals surface area (Å²) in [6.07, 6.45) is 9.25. The summed E-state index contributed by atoms with van der Waals surface area (Å²) in [5.74, 6) is 0.361. The summed E-state index contributed by atoms with van der Waals surface area (Å²) in [6, 6.07) is 9.38. The molecule has 0 aromatic heterocycles. The van der Waals surface area contributed by atoms with Gasteiger partial charge in [-0.25, -0.2) is 8.42 Å². The fourth-order valence-electron chi connectivity index (χ4n) is 3.91. The van der Waals surface area contributed by atoms with Gasteiger partial charge in [-0.1, -0.05) is 54.6 Å². The first kappa shape index (κ1) is 18.2. The number of hydrogen-bond donors (Lipinski definition) is 1. The highest BCUT2D eigenvalue weighted by molar-refractivity contribution is 7.93. The van der Waals surface area contributed by atoms with Crippen LogP contribution in [0.15, 0.2) is 76.9 Å². The average molecular weight is 385 g/mol. The molecule has 27 heavy (non-hydrogen) atoms. The van der Waals surface area contributed by atoms with E-state index >= 15 is 0 Å². The van der Waals surface area contributed by atoms with Crippen LogP contribution in [0.5, 0.6) is 0 Å². The van der Waals surface area contributed by atoms with Crippen molar-refractivity contribution in [2.24, 2.45) is 5.92 Å². The van der Waals surface area contributed by atoms with E-state index in [4.69, 9.17) is 4.74 Å². The number of ether oxygens (including phenoxy) is 1. The minimum atomic E-state index is -3.71. The molecule has 1 heterocycles. The largest absolute Gasteiger partial charge is 0.493 e. The fourth-order valence-corrected chi connectivity index (χ4v) is 5.58. The second kappa shape index (κ2) is 7.11. The van der Waals surface area contributed by atoms with E-state index in [0.29, 0.717) is 30.8 Å². The number of fused-ring (bicyclic) bond motifs is 1. The normalized spacial score (nSPS) is 29.6. The summed E-state index contributed by atoms with van der Waals surface area (Å²) in [5, 5.41) is 10.9. The molecule has 1 N–H and O–H groups in total. The van der Waals surface area contributed by atoms with Gasteiger partial charge in [0.2, 0.25) is 10.0 Å². The molecule has 0 saturated heterocycles. The molecule has 1 aromatic carbocycles. The Hall–Kier alpha value is -2.15. The first-order valence-corrected chi connectivity index (χ1v) is 10.5. The van der Waals surface area contributed by atoms with Crippen LogP contribution in [-0.4, -0.2) is 37.0 Å². The van der Waals surface area contributed by atoms with E-state index < -0.39 is 16.1 Å². The topological polar surface area (TPSA) is 66.8 Å². The lowest BCUT2D eigenvalue weighted by Crippen LogP contribution is -2.42. The third kappa shape index (κ3) is 3.29. The van der Waals surface area contributed by atoms with Gasteiger partial charge in [0, 0.05) is 19.4 Å². The number of nitrogens with zero attached hydrogens (tertiary/aromatic N) is 1. The van der Waals surface area contributed by atoms with Crippen LogP contribution in [0.4, 0.5) is 0 Å². The van der Waals surface area contributed by atoms with Crippen molar-refractivity contribution in [2.75, 3.05) is 7.05 Å². The molecule has 6 heteroatoms. The predicted octanol–water partition coefficient (Wildman–Crippen LogP) is 2.88. The number of likely N-dealkylation sites (N-methyl/N-ethyl adjacent to an activating group) is 1. The zero-order valence-electron chi connectivity index (χ0n) is 15.2. The molecular formula is C21H23NO4S. The minimum absolute atomic E-state index is 0.183. The number of aliphatic hydroxyl groups excluding tert-OH is 1. The Balaban J connectivity index is 1.67. The van der Waals surface area contributed by atoms with Crippen molar-refractivity contribution in [1.82, 2.24) is 4.31 Å². The fraction of sp³-hybridized carbons (Fsp3) is 0.333. The lowest BCUT2D eigenvalue weighted by atomic mass is 9.83. The van der Waals surface area contributed by atoms with Crippen LogP contribution >= 0.6 is 0 Å². The van der Waals surface area contributed by atoms with Crippen LogP contribution in [0, 0.1) is 5.92 Å². The molecular weight excluding hydrogens is 362 g/mol. The molecule has 142 valence electrons. The van der Waals surface area contributed by atoms with Crippen molar-refractivity contribution < 1.29 is 18.3 Å². The van der Waals surface area contributed by atoms with Gasteiger partial charge in [-0.3, -0.25) is 0 Å². The Morgan fingerprint density at radius 1 is 1.15 bits per heavy atom. The molecule has 0 saturated carbocycles. The van der Waals surface area contributed by atoms with Crippen LogP contribution in [0.3, 0.4) is 0 Å². The molecule has 0 fully saturated rings. The SMILES string of the molecule is CN1C2C=CC=CC2C(O)C2=C(C=C(OCc3ccccc3)CC2)S1(=O)=O. The second-order valence-electron chi connectivity index (χ2n) is 7.08. The molecule has 3 aliphatic rings. The summed E-state index contributed by atoms with van der Waals surface area (Å²) < 4.78 is 33.6. The van der Waals surface area contributed by atoms with E-state index in [1.165, 1.54) is 4.31 Å². The van der Waals surface area contributed by atoms with Gasteiger partial charge in [-0.2, -0.15) is 4.31 Å². The highest BCUT2D eigenvalue weighted by Crippen LogP contribution is 2.40. The summed E-state index contributed by atoms with van der Waals surface area (Å²) in [4.78, 5) is 0.183. The van der Waals surface area contributed by atoms with E-state index in [0.717, 1.165) is 5.56 Å². The van der Waals surface area contributed by atoms with E-state index in [1.807, 2.05) is 54.6 Å². The van der Waals surface area contributed by atoms with Crippen molar-refractivity contribution in [3.63, 3.8) is 0 Å². The molecule has 2 aliphatic carbocycles. The average Bonchev–Trinajstić information content (AvgIpc) is 2.76. The summed E-state index contributed by atoms with van der Waals surface area (Å²) in [5.41, 5.74) is 1.61.